The number of carbonyl (C=O) groups is 2. The lowest BCUT2D eigenvalue weighted by Gasteiger charge is -2.35. The third-order valence-corrected chi connectivity index (χ3v) is 4.28. The van der Waals surface area contributed by atoms with Crippen molar-refractivity contribution in [3.8, 4) is 0 Å². The minimum Gasteiger partial charge on any atom is -0.444 e. The Labute approximate surface area is 159 Å². The molecule has 6 heteroatoms. The zero-order valence-corrected chi connectivity index (χ0v) is 16.0. The Hall–Kier alpha value is -2.11. The van der Waals surface area contributed by atoms with Crippen LogP contribution >= 0.6 is 11.6 Å². The van der Waals surface area contributed by atoms with Gasteiger partial charge in [0.15, 0.2) is 5.78 Å². The van der Waals surface area contributed by atoms with Gasteiger partial charge in [-0.15, -0.1) is 0 Å². The Morgan fingerprint density at radius 3 is 2.54 bits per heavy atom. The van der Waals surface area contributed by atoms with Gasteiger partial charge >= 0.3 is 6.09 Å². The zero-order valence-electron chi connectivity index (χ0n) is 15.3. The van der Waals surface area contributed by atoms with Gasteiger partial charge in [0.05, 0.1) is 5.92 Å². The van der Waals surface area contributed by atoms with Crippen LogP contribution in [-0.2, 0) is 4.74 Å². The van der Waals surface area contributed by atoms with Crippen molar-refractivity contribution in [3.63, 3.8) is 0 Å². The molecule has 0 saturated carbocycles. The lowest BCUT2D eigenvalue weighted by Crippen LogP contribution is -2.51. The summed E-state index contributed by atoms with van der Waals surface area (Å²) in [4.78, 5) is 24.7. The Bertz CT molecular complexity index is 722. The van der Waals surface area contributed by atoms with E-state index >= 15 is 0 Å². The molecule has 0 heterocycles. The van der Waals surface area contributed by atoms with Crippen molar-refractivity contribution in [2.75, 3.05) is 6.54 Å². The number of rotatable bonds is 5. The van der Waals surface area contributed by atoms with Crippen molar-refractivity contribution in [1.82, 2.24) is 5.32 Å². The molecule has 2 unspecified atom stereocenters. The Kier molecular flexibility index (Phi) is 6.26. The van der Waals surface area contributed by atoms with Crippen molar-refractivity contribution >= 4 is 23.5 Å². The number of ketones is 1. The smallest absolute Gasteiger partial charge is 0.407 e. The number of hydrogen-bond donors (Lipinski definition) is 2. The van der Waals surface area contributed by atoms with Crippen LogP contribution in [0.5, 0.6) is 0 Å². The van der Waals surface area contributed by atoms with E-state index in [1.165, 1.54) is 0 Å². The number of hydrogen-bond acceptors (Lipinski definition) is 4. The van der Waals surface area contributed by atoms with Crippen molar-refractivity contribution in [3.05, 3.63) is 59.2 Å². The standard InChI is InChI=1S/C20H25ClN2O3/c1-19(2,3)26-18(25)23-12-11-20(22)10-9-15(21)13-16(20)17(24)14-7-5-4-6-8-14/h4-10,13,16H,11-12,22H2,1-3H3,(H,23,25). The minimum atomic E-state index is -0.944. The third kappa shape index (κ3) is 5.44. The van der Waals surface area contributed by atoms with Crippen LogP contribution < -0.4 is 11.1 Å². The number of nitrogens with one attached hydrogen (secondary N) is 1. The molecular formula is C20H25ClN2O3. The molecule has 2 atom stereocenters. The number of amides is 1. The summed E-state index contributed by atoms with van der Waals surface area (Å²) < 4.78 is 5.21. The van der Waals surface area contributed by atoms with Crippen LogP contribution in [0.3, 0.4) is 0 Å². The number of carbonyl (C=O) groups excluding carboxylic acids is 2. The van der Waals surface area contributed by atoms with Crippen LogP contribution in [0.2, 0.25) is 0 Å². The maximum Gasteiger partial charge on any atom is 0.407 e. The van der Waals surface area contributed by atoms with Gasteiger partial charge in [0.25, 0.3) is 0 Å². The summed E-state index contributed by atoms with van der Waals surface area (Å²) in [5.41, 5.74) is 5.57. The third-order valence-electron chi connectivity index (χ3n) is 4.02. The van der Waals surface area contributed by atoms with Crippen LogP contribution in [0, 0.1) is 5.92 Å². The molecule has 3 N–H and O–H groups in total. The highest BCUT2D eigenvalue weighted by Crippen LogP contribution is 2.32. The molecule has 0 aliphatic heterocycles. The minimum absolute atomic E-state index is 0.104. The fourth-order valence-corrected chi connectivity index (χ4v) is 2.93. The molecule has 1 aliphatic rings. The summed E-state index contributed by atoms with van der Waals surface area (Å²) in [6.07, 6.45) is 4.94. The van der Waals surface area contributed by atoms with E-state index in [-0.39, 0.29) is 12.3 Å². The number of ether oxygens (including phenoxy) is 1. The van der Waals surface area contributed by atoms with Gasteiger partial charge in [-0.3, -0.25) is 4.79 Å². The predicted molar refractivity (Wildman–Crippen MR) is 103 cm³/mol. The molecule has 0 aromatic heterocycles. The van der Waals surface area contributed by atoms with Gasteiger partial charge in [-0.1, -0.05) is 54.1 Å². The Morgan fingerprint density at radius 1 is 1.27 bits per heavy atom. The van der Waals surface area contributed by atoms with E-state index in [9.17, 15) is 9.59 Å². The van der Waals surface area contributed by atoms with Gasteiger partial charge in [-0.05, 0) is 33.3 Å². The second kappa shape index (κ2) is 8.06. The first kappa shape index (κ1) is 20.2. The van der Waals surface area contributed by atoms with Crippen molar-refractivity contribution < 1.29 is 14.3 Å². The summed E-state index contributed by atoms with van der Waals surface area (Å²) in [7, 11) is 0. The highest BCUT2D eigenvalue weighted by atomic mass is 35.5. The Morgan fingerprint density at radius 2 is 1.92 bits per heavy atom. The average molecular weight is 377 g/mol. The molecule has 2 rings (SSSR count). The topological polar surface area (TPSA) is 81.4 Å². The molecule has 140 valence electrons. The molecule has 1 amide bonds. The lowest BCUT2D eigenvalue weighted by molar-refractivity contribution is 0.0524. The number of halogens is 1. The SMILES string of the molecule is CC(C)(C)OC(=O)NCCC1(N)C=CC(Cl)=CC1C(=O)c1ccccc1. The maximum absolute atomic E-state index is 12.9. The first-order valence-corrected chi connectivity index (χ1v) is 8.90. The van der Waals surface area contributed by atoms with E-state index < -0.39 is 23.2 Å². The van der Waals surface area contributed by atoms with Gasteiger partial charge in [0, 0.05) is 22.7 Å². The summed E-state index contributed by atoms with van der Waals surface area (Å²) in [5, 5.41) is 3.15. The normalized spacial score (nSPS) is 22.5. The molecule has 0 saturated heterocycles. The molecule has 26 heavy (non-hydrogen) atoms. The molecule has 1 aromatic carbocycles. The van der Waals surface area contributed by atoms with Crippen molar-refractivity contribution in [2.24, 2.45) is 11.7 Å². The fraction of sp³-hybridized carbons (Fsp3) is 0.400. The number of nitrogens with two attached hydrogens (primary N) is 1. The maximum atomic E-state index is 12.9. The van der Waals surface area contributed by atoms with Crippen LogP contribution in [0.15, 0.2) is 53.6 Å². The van der Waals surface area contributed by atoms with E-state index in [2.05, 4.69) is 5.32 Å². The molecule has 1 aliphatic carbocycles. The van der Waals surface area contributed by atoms with Crippen LogP contribution in [0.25, 0.3) is 0 Å². The first-order chi connectivity index (χ1) is 12.1. The fourth-order valence-electron chi connectivity index (χ4n) is 2.74. The number of alkyl carbamates (subject to hydrolysis) is 1. The molecule has 0 bridgehead atoms. The average Bonchev–Trinajstić information content (AvgIpc) is 2.56. The summed E-state index contributed by atoms with van der Waals surface area (Å²) >= 11 is 6.10. The van der Waals surface area contributed by atoms with E-state index in [4.69, 9.17) is 22.1 Å². The number of allylic oxidation sites excluding steroid dienone is 2. The van der Waals surface area contributed by atoms with Crippen molar-refractivity contribution in [2.45, 2.75) is 38.3 Å². The highest BCUT2D eigenvalue weighted by molar-refractivity contribution is 6.31. The first-order valence-electron chi connectivity index (χ1n) is 8.52. The van der Waals surface area contributed by atoms with Crippen LogP contribution in [0.4, 0.5) is 4.79 Å². The molecule has 0 spiro atoms. The molecule has 5 nitrogen and oxygen atoms in total. The second-order valence-corrected chi connectivity index (χ2v) is 7.82. The summed E-state index contributed by atoms with van der Waals surface area (Å²) in [6, 6.07) is 8.96. The summed E-state index contributed by atoms with van der Waals surface area (Å²) in [6.45, 7) is 5.66. The van der Waals surface area contributed by atoms with E-state index in [0.717, 1.165) is 0 Å². The van der Waals surface area contributed by atoms with Crippen LogP contribution in [0.1, 0.15) is 37.6 Å². The zero-order chi connectivity index (χ0) is 19.4. The van der Waals surface area contributed by atoms with Gasteiger partial charge in [-0.25, -0.2) is 4.79 Å². The lowest BCUT2D eigenvalue weighted by atomic mass is 9.75. The molecule has 0 radical (unpaired) electrons. The van der Waals surface area contributed by atoms with Gasteiger partial charge in [0.1, 0.15) is 5.60 Å². The van der Waals surface area contributed by atoms with Crippen molar-refractivity contribution in [1.29, 1.82) is 0 Å². The Balaban J connectivity index is 2.08. The quantitative estimate of drug-likeness (QED) is 0.766. The molecule has 0 fully saturated rings. The van der Waals surface area contributed by atoms with Gasteiger partial charge < -0.3 is 15.8 Å². The van der Waals surface area contributed by atoms with E-state index in [1.807, 2.05) is 6.07 Å². The number of benzene rings is 1. The number of Topliss-reactive ketones (excluding diaryl/α,β-unsaturated/α-hetero) is 1. The van der Waals surface area contributed by atoms with Gasteiger partial charge in [0.2, 0.25) is 0 Å². The highest BCUT2D eigenvalue weighted by Gasteiger charge is 2.38. The molecule has 1 aromatic rings. The largest absolute Gasteiger partial charge is 0.444 e. The van der Waals surface area contributed by atoms with E-state index in [0.29, 0.717) is 17.0 Å². The monoisotopic (exact) mass is 376 g/mol. The predicted octanol–water partition coefficient (Wildman–Crippen LogP) is 3.79. The van der Waals surface area contributed by atoms with E-state index in [1.54, 1.807) is 63.3 Å². The molecular weight excluding hydrogens is 352 g/mol. The van der Waals surface area contributed by atoms with Gasteiger partial charge in [-0.2, -0.15) is 0 Å². The summed E-state index contributed by atoms with van der Waals surface area (Å²) in [5.74, 6) is -0.712. The second-order valence-electron chi connectivity index (χ2n) is 7.38. The van der Waals surface area contributed by atoms with Crippen LogP contribution in [-0.4, -0.2) is 29.6 Å².